The number of nitrogens with one attached hydrogen (secondary N) is 1. The number of nitrogens with zero attached hydrogens (tertiary/aromatic N) is 1. The lowest BCUT2D eigenvalue weighted by Gasteiger charge is -2.19. The number of rotatable bonds is 6. The van der Waals surface area contributed by atoms with Gasteiger partial charge in [-0.25, -0.2) is 4.98 Å². The van der Waals surface area contributed by atoms with Gasteiger partial charge in [-0.05, 0) is 25.7 Å². The summed E-state index contributed by atoms with van der Waals surface area (Å²) in [6.07, 6.45) is 8.77. The maximum absolute atomic E-state index is 12.1. The van der Waals surface area contributed by atoms with E-state index in [2.05, 4.69) is 10.7 Å². The predicted molar refractivity (Wildman–Crippen MR) is 91.6 cm³/mol. The number of ether oxygens (including phenoxy) is 1. The van der Waals surface area contributed by atoms with Crippen molar-refractivity contribution < 1.29 is 9.53 Å². The first-order valence-corrected chi connectivity index (χ1v) is 9.71. The van der Waals surface area contributed by atoms with Crippen molar-refractivity contribution in [3.8, 4) is 0 Å². The zero-order chi connectivity index (χ0) is 16.1. The van der Waals surface area contributed by atoms with Crippen LogP contribution in [0.25, 0.3) is 0 Å². The summed E-state index contributed by atoms with van der Waals surface area (Å²) >= 11 is 1.72. The van der Waals surface area contributed by atoms with Crippen LogP contribution in [0, 0.1) is 0 Å². The van der Waals surface area contributed by atoms with E-state index in [0.29, 0.717) is 19.0 Å². The smallest absolute Gasteiger partial charge is 0.249 e. The van der Waals surface area contributed by atoms with E-state index in [9.17, 15) is 4.79 Å². The first-order valence-electron chi connectivity index (χ1n) is 8.84. The molecule has 0 unspecified atom stereocenters. The van der Waals surface area contributed by atoms with Crippen molar-refractivity contribution in [1.82, 2.24) is 10.3 Å². The average Bonchev–Trinajstić information content (AvgIpc) is 3.25. The van der Waals surface area contributed by atoms with Gasteiger partial charge in [-0.15, -0.1) is 11.3 Å². The van der Waals surface area contributed by atoms with E-state index in [0.717, 1.165) is 24.3 Å². The van der Waals surface area contributed by atoms with Gasteiger partial charge in [0.15, 0.2) is 0 Å². The van der Waals surface area contributed by atoms with Crippen LogP contribution in [0.5, 0.6) is 0 Å². The van der Waals surface area contributed by atoms with Crippen LogP contribution in [0.3, 0.4) is 0 Å². The molecule has 2 atom stereocenters. The minimum Gasteiger partial charge on any atom is -0.364 e. The van der Waals surface area contributed by atoms with Crippen molar-refractivity contribution in [2.75, 3.05) is 13.1 Å². The van der Waals surface area contributed by atoms with Crippen LogP contribution in [0.2, 0.25) is 0 Å². The summed E-state index contributed by atoms with van der Waals surface area (Å²) in [6.45, 7) is 1.12. The van der Waals surface area contributed by atoms with Gasteiger partial charge in [-0.1, -0.05) is 19.3 Å². The van der Waals surface area contributed by atoms with Crippen LogP contribution in [0.1, 0.15) is 61.6 Å². The predicted octanol–water partition coefficient (Wildman–Crippen LogP) is 2.36. The largest absolute Gasteiger partial charge is 0.364 e. The second-order valence-electron chi connectivity index (χ2n) is 6.60. The van der Waals surface area contributed by atoms with Crippen molar-refractivity contribution in [2.24, 2.45) is 5.73 Å². The fourth-order valence-corrected chi connectivity index (χ4v) is 4.38. The molecule has 6 heteroatoms. The van der Waals surface area contributed by atoms with Gasteiger partial charge in [-0.2, -0.15) is 0 Å². The summed E-state index contributed by atoms with van der Waals surface area (Å²) in [4.78, 5) is 16.8. The van der Waals surface area contributed by atoms with E-state index in [1.54, 1.807) is 11.3 Å². The second kappa shape index (κ2) is 8.22. The molecule has 3 rings (SSSR count). The molecule has 0 aromatic carbocycles. The van der Waals surface area contributed by atoms with Crippen molar-refractivity contribution in [1.29, 1.82) is 0 Å². The third kappa shape index (κ3) is 4.52. The molecular formula is C17H27N3O2S. The molecule has 0 bridgehead atoms. The van der Waals surface area contributed by atoms with Crippen LogP contribution >= 0.6 is 11.3 Å². The van der Waals surface area contributed by atoms with Gasteiger partial charge in [0.25, 0.3) is 0 Å². The van der Waals surface area contributed by atoms with E-state index in [-0.39, 0.29) is 18.1 Å². The Bertz CT molecular complexity index is 514. The van der Waals surface area contributed by atoms with Crippen molar-refractivity contribution in [3.63, 3.8) is 0 Å². The number of amides is 1. The van der Waals surface area contributed by atoms with Crippen LogP contribution in [-0.4, -0.2) is 36.2 Å². The number of nitrogens with two attached hydrogens (primary N) is 1. The summed E-state index contributed by atoms with van der Waals surface area (Å²) in [5.41, 5.74) is 6.84. The lowest BCUT2D eigenvalue weighted by molar-refractivity contribution is -0.131. The van der Waals surface area contributed by atoms with Crippen molar-refractivity contribution >= 4 is 17.2 Å². The van der Waals surface area contributed by atoms with E-state index in [4.69, 9.17) is 15.5 Å². The van der Waals surface area contributed by atoms with E-state index in [1.165, 1.54) is 37.8 Å². The molecule has 1 aliphatic heterocycles. The summed E-state index contributed by atoms with van der Waals surface area (Å²) in [7, 11) is 0. The molecule has 2 fully saturated rings. The quantitative estimate of drug-likeness (QED) is 0.835. The Morgan fingerprint density at radius 2 is 2.13 bits per heavy atom. The highest BCUT2D eigenvalue weighted by atomic mass is 32.1. The summed E-state index contributed by atoms with van der Waals surface area (Å²) in [6, 6.07) is 0. The number of aromatic nitrogens is 1. The number of thiazole rings is 1. The molecule has 1 saturated heterocycles. The SMILES string of the molecule is NC[C@H]1CC[C@@H](C(=O)NCCc2nc(C3CCCCC3)cs2)O1. The molecule has 5 nitrogen and oxygen atoms in total. The van der Waals surface area contributed by atoms with Gasteiger partial charge in [-0.3, -0.25) is 4.79 Å². The molecule has 1 aromatic rings. The third-order valence-electron chi connectivity index (χ3n) is 4.89. The number of carbonyl (C=O) groups excluding carboxylic acids is 1. The maximum atomic E-state index is 12.1. The standard InChI is InChI=1S/C17H27N3O2S/c18-10-13-6-7-15(22-13)17(21)19-9-8-16-20-14(11-23-16)12-4-2-1-3-5-12/h11-13,15H,1-10,18H2,(H,19,21)/t13-,15+/m1/s1. The normalized spacial score (nSPS) is 25.6. The molecule has 1 amide bonds. The highest BCUT2D eigenvalue weighted by molar-refractivity contribution is 7.09. The topological polar surface area (TPSA) is 77.2 Å². The van der Waals surface area contributed by atoms with Crippen molar-refractivity contribution in [3.05, 3.63) is 16.1 Å². The summed E-state index contributed by atoms with van der Waals surface area (Å²) in [5, 5.41) is 6.30. The molecule has 3 N–H and O–H groups in total. The number of hydrogen-bond donors (Lipinski definition) is 2. The van der Waals surface area contributed by atoms with Crippen LogP contribution in [0.4, 0.5) is 0 Å². The summed E-state index contributed by atoms with van der Waals surface area (Å²) in [5.74, 6) is 0.647. The van der Waals surface area contributed by atoms with Crippen molar-refractivity contribution in [2.45, 2.75) is 69.5 Å². The molecule has 1 saturated carbocycles. The Morgan fingerprint density at radius 1 is 1.30 bits per heavy atom. The minimum atomic E-state index is -0.322. The lowest BCUT2D eigenvalue weighted by Crippen LogP contribution is -2.36. The molecule has 128 valence electrons. The molecule has 2 heterocycles. The fourth-order valence-electron chi connectivity index (χ4n) is 3.50. The Labute approximate surface area is 142 Å². The Morgan fingerprint density at radius 3 is 2.87 bits per heavy atom. The van der Waals surface area contributed by atoms with Crippen LogP contribution < -0.4 is 11.1 Å². The van der Waals surface area contributed by atoms with Gasteiger partial charge in [0.2, 0.25) is 5.91 Å². The molecule has 1 aromatic heterocycles. The molecular weight excluding hydrogens is 310 g/mol. The Kier molecular flexibility index (Phi) is 6.02. The molecule has 0 radical (unpaired) electrons. The molecule has 23 heavy (non-hydrogen) atoms. The first-order chi connectivity index (χ1) is 11.3. The van der Waals surface area contributed by atoms with Gasteiger partial charge in [0.05, 0.1) is 16.8 Å². The van der Waals surface area contributed by atoms with E-state index < -0.39 is 0 Å². The summed E-state index contributed by atoms with van der Waals surface area (Å²) < 4.78 is 5.61. The molecule has 1 aliphatic carbocycles. The van der Waals surface area contributed by atoms with Gasteiger partial charge in [0.1, 0.15) is 6.10 Å². The van der Waals surface area contributed by atoms with Crippen LogP contribution in [-0.2, 0) is 16.0 Å². The Hall–Kier alpha value is -0.980. The maximum Gasteiger partial charge on any atom is 0.249 e. The number of carbonyl (C=O) groups is 1. The number of hydrogen-bond acceptors (Lipinski definition) is 5. The molecule has 2 aliphatic rings. The van der Waals surface area contributed by atoms with Crippen LogP contribution in [0.15, 0.2) is 5.38 Å². The fraction of sp³-hybridized carbons (Fsp3) is 0.765. The lowest BCUT2D eigenvalue weighted by atomic mass is 9.87. The Balaban J connectivity index is 1.40. The zero-order valence-electron chi connectivity index (χ0n) is 13.6. The second-order valence-corrected chi connectivity index (χ2v) is 7.54. The minimum absolute atomic E-state index is 0.00925. The highest BCUT2D eigenvalue weighted by Crippen LogP contribution is 2.33. The van der Waals surface area contributed by atoms with Gasteiger partial charge in [0, 0.05) is 30.8 Å². The third-order valence-corrected chi connectivity index (χ3v) is 5.82. The zero-order valence-corrected chi connectivity index (χ0v) is 14.4. The van der Waals surface area contributed by atoms with E-state index in [1.807, 2.05) is 0 Å². The first kappa shape index (κ1) is 16.9. The van der Waals surface area contributed by atoms with Gasteiger partial charge >= 0.3 is 0 Å². The monoisotopic (exact) mass is 337 g/mol. The van der Waals surface area contributed by atoms with Gasteiger partial charge < -0.3 is 15.8 Å². The molecule has 0 spiro atoms. The highest BCUT2D eigenvalue weighted by Gasteiger charge is 2.29. The average molecular weight is 337 g/mol. The van der Waals surface area contributed by atoms with E-state index >= 15 is 0 Å².